The van der Waals surface area contributed by atoms with E-state index in [1.165, 1.54) is 19.3 Å². The molecule has 0 heterocycles. The summed E-state index contributed by atoms with van der Waals surface area (Å²) in [6.07, 6.45) is 4.76. The van der Waals surface area contributed by atoms with Crippen molar-refractivity contribution in [3.05, 3.63) is 28.8 Å². The highest BCUT2D eigenvalue weighted by molar-refractivity contribution is 7.80. The molecule has 0 bridgehead atoms. The van der Waals surface area contributed by atoms with Gasteiger partial charge in [0.05, 0.1) is 6.61 Å². The Morgan fingerprint density at radius 1 is 1.19 bits per heavy atom. The molecule has 0 aliphatic heterocycles. The first-order valence-corrected chi connectivity index (χ1v) is 6.75. The smallest absolute Gasteiger partial charge is 0.122 e. The largest absolute Gasteiger partial charge is 0.493 e. The van der Waals surface area contributed by atoms with Gasteiger partial charge in [0.15, 0.2) is 0 Å². The van der Waals surface area contributed by atoms with Gasteiger partial charge < -0.3 is 4.74 Å². The lowest BCUT2D eigenvalue weighted by Crippen LogP contribution is -1.98. The zero-order valence-corrected chi connectivity index (χ0v) is 11.4. The van der Waals surface area contributed by atoms with Crippen LogP contribution < -0.4 is 4.74 Å². The summed E-state index contributed by atoms with van der Waals surface area (Å²) in [6, 6.07) is 5.73. The van der Waals surface area contributed by atoms with Crippen LogP contribution in [0.25, 0.3) is 0 Å². The number of ether oxygens (including phenoxy) is 1. The zero-order chi connectivity index (χ0) is 11.8. The Bertz CT molecular complexity index is 315. The van der Waals surface area contributed by atoms with Gasteiger partial charge in [-0.05, 0) is 49.3 Å². The Hall–Kier alpha value is -0.340. The number of aryl methyl sites for hydroxylation is 1. The molecule has 0 aliphatic rings. The number of unbranched alkanes of at least 4 members (excludes halogenated alkanes) is 3. The van der Waals surface area contributed by atoms with Gasteiger partial charge in [0.1, 0.15) is 5.75 Å². The standard InChI is InChI=1S/C13H19ClOS/c1-11-10-12(14)6-7-13(11)15-8-4-2-3-5-9-16/h6-7,10,16H,2-5,8-9H2,1H3. The Balaban J connectivity index is 2.21. The maximum atomic E-state index is 5.87. The van der Waals surface area contributed by atoms with Crippen molar-refractivity contribution in [1.82, 2.24) is 0 Å². The van der Waals surface area contributed by atoms with Gasteiger partial charge in [-0.15, -0.1) is 0 Å². The minimum absolute atomic E-state index is 0.763. The van der Waals surface area contributed by atoms with E-state index in [4.69, 9.17) is 16.3 Å². The van der Waals surface area contributed by atoms with E-state index in [0.717, 1.165) is 35.1 Å². The number of benzene rings is 1. The fraction of sp³-hybridized carbons (Fsp3) is 0.538. The van der Waals surface area contributed by atoms with E-state index in [-0.39, 0.29) is 0 Å². The summed E-state index contributed by atoms with van der Waals surface area (Å²) in [7, 11) is 0. The summed E-state index contributed by atoms with van der Waals surface area (Å²) in [6.45, 7) is 2.80. The molecule has 0 N–H and O–H groups in total. The zero-order valence-electron chi connectivity index (χ0n) is 9.71. The molecule has 3 heteroatoms. The quantitative estimate of drug-likeness (QED) is 0.559. The van der Waals surface area contributed by atoms with E-state index < -0.39 is 0 Å². The van der Waals surface area contributed by atoms with Crippen molar-refractivity contribution in [3.63, 3.8) is 0 Å². The van der Waals surface area contributed by atoms with E-state index in [9.17, 15) is 0 Å². The van der Waals surface area contributed by atoms with E-state index in [2.05, 4.69) is 12.6 Å². The maximum absolute atomic E-state index is 5.87. The monoisotopic (exact) mass is 258 g/mol. The van der Waals surface area contributed by atoms with Crippen molar-refractivity contribution in [1.29, 1.82) is 0 Å². The van der Waals surface area contributed by atoms with Crippen LogP contribution in [0.5, 0.6) is 5.75 Å². The lowest BCUT2D eigenvalue weighted by Gasteiger charge is -2.09. The van der Waals surface area contributed by atoms with Crippen molar-refractivity contribution >= 4 is 24.2 Å². The molecule has 1 rings (SSSR count). The molecular formula is C13H19ClOS. The van der Waals surface area contributed by atoms with Gasteiger partial charge in [-0.25, -0.2) is 0 Å². The highest BCUT2D eigenvalue weighted by Crippen LogP contribution is 2.21. The third-order valence-electron chi connectivity index (χ3n) is 2.45. The van der Waals surface area contributed by atoms with E-state index in [0.29, 0.717) is 0 Å². The molecule has 0 fully saturated rings. The van der Waals surface area contributed by atoms with Gasteiger partial charge in [-0.1, -0.05) is 24.4 Å². The van der Waals surface area contributed by atoms with Crippen molar-refractivity contribution < 1.29 is 4.74 Å². The van der Waals surface area contributed by atoms with Gasteiger partial charge in [0.25, 0.3) is 0 Å². The highest BCUT2D eigenvalue weighted by atomic mass is 35.5. The number of rotatable bonds is 7. The molecule has 0 saturated carbocycles. The molecule has 1 aromatic carbocycles. The lowest BCUT2D eigenvalue weighted by molar-refractivity contribution is 0.303. The first-order chi connectivity index (χ1) is 7.74. The first kappa shape index (κ1) is 13.7. The summed E-state index contributed by atoms with van der Waals surface area (Å²) in [5.74, 6) is 1.93. The third kappa shape index (κ3) is 5.13. The fourth-order valence-electron chi connectivity index (χ4n) is 1.52. The Kier molecular flexibility index (Phi) is 6.74. The second-order valence-electron chi connectivity index (χ2n) is 3.90. The average molecular weight is 259 g/mol. The van der Waals surface area contributed by atoms with E-state index in [1.807, 2.05) is 25.1 Å². The van der Waals surface area contributed by atoms with Crippen LogP contribution >= 0.6 is 24.2 Å². The van der Waals surface area contributed by atoms with Crippen molar-refractivity contribution in [2.24, 2.45) is 0 Å². The van der Waals surface area contributed by atoms with Crippen molar-refractivity contribution in [3.8, 4) is 5.75 Å². The van der Waals surface area contributed by atoms with Gasteiger partial charge in [0, 0.05) is 5.02 Å². The molecule has 0 radical (unpaired) electrons. The Morgan fingerprint density at radius 2 is 1.94 bits per heavy atom. The molecule has 90 valence electrons. The Morgan fingerprint density at radius 3 is 2.62 bits per heavy atom. The fourth-order valence-corrected chi connectivity index (χ4v) is 1.97. The summed E-state index contributed by atoms with van der Waals surface area (Å²) < 4.78 is 5.69. The second kappa shape index (κ2) is 7.86. The minimum atomic E-state index is 0.763. The minimum Gasteiger partial charge on any atom is -0.493 e. The highest BCUT2D eigenvalue weighted by Gasteiger charge is 1.99. The van der Waals surface area contributed by atoms with Crippen molar-refractivity contribution in [2.75, 3.05) is 12.4 Å². The van der Waals surface area contributed by atoms with Crippen LogP contribution in [0.2, 0.25) is 5.02 Å². The predicted octanol–water partition coefficient (Wildman–Crippen LogP) is 4.52. The molecule has 0 atom stereocenters. The molecule has 0 unspecified atom stereocenters. The average Bonchev–Trinajstić information content (AvgIpc) is 2.26. The van der Waals surface area contributed by atoms with Crippen molar-refractivity contribution in [2.45, 2.75) is 32.6 Å². The molecule has 0 spiro atoms. The van der Waals surface area contributed by atoms with Crippen LogP contribution in [0.4, 0.5) is 0 Å². The van der Waals surface area contributed by atoms with Crippen LogP contribution in [0.15, 0.2) is 18.2 Å². The number of halogens is 1. The normalized spacial score (nSPS) is 10.4. The molecule has 1 nitrogen and oxygen atoms in total. The molecule has 0 saturated heterocycles. The van der Waals surface area contributed by atoms with Gasteiger partial charge in [-0.2, -0.15) is 12.6 Å². The van der Waals surface area contributed by atoms with Crippen LogP contribution in [0, 0.1) is 6.92 Å². The first-order valence-electron chi connectivity index (χ1n) is 5.74. The third-order valence-corrected chi connectivity index (χ3v) is 3.00. The SMILES string of the molecule is Cc1cc(Cl)ccc1OCCCCCCS. The molecule has 0 aromatic heterocycles. The number of hydrogen-bond acceptors (Lipinski definition) is 2. The van der Waals surface area contributed by atoms with Crippen LogP contribution in [-0.4, -0.2) is 12.4 Å². The molecule has 1 aromatic rings. The molecule has 16 heavy (non-hydrogen) atoms. The van der Waals surface area contributed by atoms with E-state index in [1.54, 1.807) is 0 Å². The predicted molar refractivity (Wildman–Crippen MR) is 74.0 cm³/mol. The number of hydrogen-bond donors (Lipinski definition) is 1. The summed E-state index contributed by atoms with van der Waals surface area (Å²) in [5.41, 5.74) is 1.10. The molecule has 0 aliphatic carbocycles. The van der Waals surface area contributed by atoms with Gasteiger partial charge in [0.2, 0.25) is 0 Å². The van der Waals surface area contributed by atoms with Crippen LogP contribution in [0.1, 0.15) is 31.2 Å². The second-order valence-corrected chi connectivity index (χ2v) is 4.78. The van der Waals surface area contributed by atoms with Gasteiger partial charge >= 0.3 is 0 Å². The number of thiol groups is 1. The topological polar surface area (TPSA) is 9.23 Å². The summed E-state index contributed by atoms with van der Waals surface area (Å²) >= 11 is 10.1. The summed E-state index contributed by atoms with van der Waals surface area (Å²) in [4.78, 5) is 0. The maximum Gasteiger partial charge on any atom is 0.122 e. The Labute approximate surface area is 109 Å². The summed E-state index contributed by atoms with van der Waals surface area (Å²) in [5, 5.41) is 0.763. The van der Waals surface area contributed by atoms with Gasteiger partial charge in [-0.3, -0.25) is 0 Å². The van der Waals surface area contributed by atoms with E-state index >= 15 is 0 Å². The lowest BCUT2D eigenvalue weighted by atomic mass is 10.2. The molecular weight excluding hydrogens is 240 g/mol. The van der Waals surface area contributed by atoms with Crippen LogP contribution in [0.3, 0.4) is 0 Å². The van der Waals surface area contributed by atoms with Crippen LogP contribution in [-0.2, 0) is 0 Å². The molecule has 0 amide bonds.